The molecule has 0 amide bonds. The van der Waals surface area contributed by atoms with Gasteiger partial charge < -0.3 is 9.47 Å². The third-order valence-corrected chi connectivity index (χ3v) is 2.09. The Morgan fingerprint density at radius 1 is 1.56 bits per heavy atom. The summed E-state index contributed by atoms with van der Waals surface area (Å²) in [5.74, 6) is -1.22. The van der Waals surface area contributed by atoms with Gasteiger partial charge in [-0.15, -0.1) is 0 Å². The molecule has 0 aliphatic heterocycles. The van der Waals surface area contributed by atoms with Crippen LogP contribution >= 0.6 is 0 Å². The molecule has 0 saturated carbocycles. The summed E-state index contributed by atoms with van der Waals surface area (Å²) < 4.78 is 10.4. The van der Waals surface area contributed by atoms with Gasteiger partial charge in [0.05, 0.1) is 18.8 Å². The van der Waals surface area contributed by atoms with E-state index in [1.54, 1.807) is 19.1 Å². The van der Waals surface area contributed by atoms with Crippen molar-refractivity contribution in [2.75, 3.05) is 6.61 Å². The molecule has 1 rings (SSSR count). The smallest absolute Gasteiger partial charge is 0.329 e. The van der Waals surface area contributed by atoms with Crippen molar-refractivity contribution in [3.63, 3.8) is 0 Å². The fourth-order valence-electron chi connectivity index (χ4n) is 1.42. The van der Waals surface area contributed by atoms with E-state index in [1.165, 1.54) is 6.20 Å². The molecule has 5 heteroatoms. The fourth-order valence-corrected chi connectivity index (χ4v) is 1.42. The Balaban J connectivity index is 3.06. The van der Waals surface area contributed by atoms with Crippen molar-refractivity contribution in [2.24, 2.45) is 0 Å². The van der Waals surface area contributed by atoms with Crippen molar-refractivity contribution in [1.29, 1.82) is 5.26 Å². The number of nitriles is 1. The van der Waals surface area contributed by atoms with Gasteiger partial charge in [-0.1, -0.05) is 0 Å². The summed E-state index contributed by atoms with van der Waals surface area (Å²) in [5, 5.41) is 9.09. The number of nitrogens with zero attached hydrogens (tertiary/aromatic N) is 2. The van der Waals surface area contributed by atoms with E-state index in [-0.39, 0.29) is 12.7 Å². The number of esters is 1. The number of ether oxygens (including phenoxy) is 2. The number of hydrogen-bond acceptors (Lipinski definition) is 5. The number of aromatic nitrogens is 1. The van der Waals surface area contributed by atoms with Crippen LogP contribution in [0.1, 0.15) is 32.4 Å². The van der Waals surface area contributed by atoms with E-state index in [2.05, 4.69) is 4.98 Å². The molecule has 0 N–H and O–H groups in total. The lowest BCUT2D eigenvalue weighted by Gasteiger charge is -2.15. The van der Waals surface area contributed by atoms with Gasteiger partial charge in [0.1, 0.15) is 11.4 Å². The maximum Gasteiger partial charge on any atom is 0.329 e. The summed E-state index contributed by atoms with van der Waals surface area (Å²) in [6, 6.07) is 5.28. The van der Waals surface area contributed by atoms with Crippen molar-refractivity contribution in [3.05, 3.63) is 24.0 Å². The molecule has 0 aliphatic rings. The predicted octanol–water partition coefficient (Wildman–Crippen LogP) is 2.04. The maximum atomic E-state index is 11.7. The van der Waals surface area contributed by atoms with Crippen LogP contribution in [-0.4, -0.2) is 23.7 Å². The zero-order valence-corrected chi connectivity index (χ0v) is 10.7. The van der Waals surface area contributed by atoms with Gasteiger partial charge in [-0.05, 0) is 32.9 Å². The van der Waals surface area contributed by atoms with Crippen molar-refractivity contribution in [2.45, 2.75) is 32.8 Å². The molecule has 1 aromatic rings. The second-order valence-electron chi connectivity index (χ2n) is 3.87. The lowest BCUT2D eigenvalue weighted by molar-refractivity contribution is -0.143. The lowest BCUT2D eigenvalue weighted by atomic mass is 10.1. The summed E-state index contributed by atoms with van der Waals surface area (Å²) in [5.41, 5.74) is 0.298. The first kappa shape index (κ1) is 14.0. The van der Waals surface area contributed by atoms with Crippen LogP contribution in [0.2, 0.25) is 0 Å². The van der Waals surface area contributed by atoms with Gasteiger partial charge in [0.15, 0.2) is 5.92 Å². The summed E-state index contributed by atoms with van der Waals surface area (Å²) in [6.07, 6.45) is 1.46. The third kappa shape index (κ3) is 3.45. The van der Waals surface area contributed by atoms with Gasteiger partial charge in [-0.2, -0.15) is 5.26 Å². The van der Waals surface area contributed by atoms with Crippen LogP contribution in [0.3, 0.4) is 0 Å². The van der Waals surface area contributed by atoms with Crippen molar-refractivity contribution >= 4 is 5.97 Å². The van der Waals surface area contributed by atoms with E-state index in [4.69, 9.17) is 14.7 Å². The van der Waals surface area contributed by atoms with Crippen molar-refractivity contribution in [1.82, 2.24) is 4.98 Å². The Hall–Kier alpha value is -2.09. The summed E-state index contributed by atoms with van der Waals surface area (Å²) in [7, 11) is 0. The molecule has 96 valence electrons. The first-order chi connectivity index (χ1) is 8.60. The molecule has 0 bridgehead atoms. The highest BCUT2D eigenvalue weighted by Crippen LogP contribution is 2.25. The minimum atomic E-state index is -1.06. The van der Waals surface area contributed by atoms with Crippen molar-refractivity contribution < 1.29 is 14.3 Å². The largest absolute Gasteiger partial charge is 0.489 e. The maximum absolute atomic E-state index is 11.7. The Labute approximate surface area is 106 Å². The second kappa shape index (κ2) is 6.60. The molecule has 0 aromatic carbocycles. The van der Waals surface area contributed by atoms with Gasteiger partial charge in [0.25, 0.3) is 0 Å². The predicted molar refractivity (Wildman–Crippen MR) is 65.0 cm³/mol. The third-order valence-electron chi connectivity index (χ3n) is 2.09. The van der Waals surface area contributed by atoms with E-state index in [9.17, 15) is 4.79 Å². The molecular weight excluding hydrogens is 232 g/mol. The highest BCUT2D eigenvalue weighted by Gasteiger charge is 2.26. The molecule has 18 heavy (non-hydrogen) atoms. The van der Waals surface area contributed by atoms with Gasteiger partial charge >= 0.3 is 5.97 Å². The molecule has 0 radical (unpaired) electrons. The number of carbonyl (C=O) groups is 1. The monoisotopic (exact) mass is 248 g/mol. The minimum Gasteiger partial charge on any atom is -0.489 e. The topological polar surface area (TPSA) is 72.2 Å². The molecule has 5 nitrogen and oxygen atoms in total. The van der Waals surface area contributed by atoms with Crippen molar-refractivity contribution in [3.8, 4) is 11.8 Å². The molecule has 1 aromatic heterocycles. The molecule has 0 spiro atoms. The van der Waals surface area contributed by atoms with Crippen LogP contribution in [-0.2, 0) is 9.53 Å². The standard InChI is InChI=1S/C13H16N2O3/c1-4-17-13(16)10(8-14)12-11(18-9(2)3)6-5-7-15-12/h5-7,9-10H,4H2,1-3H3. The van der Waals surface area contributed by atoms with Crippen LogP contribution in [0, 0.1) is 11.3 Å². The summed E-state index contributed by atoms with van der Waals surface area (Å²) >= 11 is 0. The van der Waals surface area contributed by atoms with E-state index in [1.807, 2.05) is 19.9 Å². The molecule has 1 atom stereocenters. The van der Waals surface area contributed by atoms with E-state index in [0.29, 0.717) is 11.4 Å². The molecule has 1 unspecified atom stereocenters. The van der Waals surface area contributed by atoms with E-state index < -0.39 is 11.9 Å². The van der Waals surface area contributed by atoms with Gasteiger partial charge in [0, 0.05) is 6.20 Å². The van der Waals surface area contributed by atoms with E-state index in [0.717, 1.165) is 0 Å². The van der Waals surface area contributed by atoms with Gasteiger partial charge in [-0.3, -0.25) is 9.78 Å². The first-order valence-electron chi connectivity index (χ1n) is 5.78. The minimum absolute atomic E-state index is 0.0607. The molecular formula is C13H16N2O3. The highest BCUT2D eigenvalue weighted by molar-refractivity contribution is 5.81. The van der Waals surface area contributed by atoms with Crippen LogP contribution in [0.15, 0.2) is 18.3 Å². The Bertz CT molecular complexity index is 452. The Morgan fingerprint density at radius 2 is 2.28 bits per heavy atom. The van der Waals surface area contributed by atoms with Crippen LogP contribution in [0.4, 0.5) is 0 Å². The number of carbonyl (C=O) groups excluding carboxylic acids is 1. The van der Waals surface area contributed by atoms with Gasteiger partial charge in [0.2, 0.25) is 0 Å². The molecule has 0 fully saturated rings. The van der Waals surface area contributed by atoms with E-state index >= 15 is 0 Å². The summed E-state index contributed by atoms with van der Waals surface area (Å²) in [4.78, 5) is 15.7. The first-order valence-corrected chi connectivity index (χ1v) is 5.78. The summed E-state index contributed by atoms with van der Waals surface area (Å²) in [6.45, 7) is 5.64. The quantitative estimate of drug-likeness (QED) is 0.745. The van der Waals surface area contributed by atoms with Gasteiger partial charge in [-0.25, -0.2) is 0 Å². The SMILES string of the molecule is CCOC(=O)C(C#N)c1ncccc1OC(C)C. The zero-order chi connectivity index (χ0) is 13.5. The Morgan fingerprint density at radius 3 is 2.83 bits per heavy atom. The van der Waals surface area contributed by atoms with Crippen LogP contribution in [0.25, 0.3) is 0 Å². The number of pyridine rings is 1. The second-order valence-corrected chi connectivity index (χ2v) is 3.87. The molecule has 0 saturated heterocycles. The van der Waals surface area contributed by atoms with Crippen LogP contribution in [0.5, 0.6) is 5.75 Å². The normalized spacial score (nSPS) is 11.7. The number of hydrogen-bond donors (Lipinski definition) is 0. The average molecular weight is 248 g/mol. The number of rotatable bonds is 5. The average Bonchev–Trinajstić information content (AvgIpc) is 2.32. The fraction of sp³-hybridized carbons (Fsp3) is 0.462. The molecule has 1 heterocycles. The highest BCUT2D eigenvalue weighted by atomic mass is 16.5. The Kier molecular flexibility index (Phi) is 5.12. The lowest BCUT2D eigenvalue weighted by Crippen LogP contribution is -2.18. The molecule has 0 aliphatic carbocycles. The van der Waals surface area contributed by atoms with Crippen LogP contribution < -0.4 is 4.74 Å². The zero-order valence-electron chi connectivity index (χ0n) is 10.7.